The highest BCUT2D eigenvalue weighted by Crippen LogP contribution is 2.40. The number of rotatable bonds is 19. The van der Waals surface area contributed by atoms with Crippen LogP contribution in [-0.2, 0) is 13.1 Å². The first-order valence-electron chi connectivity index (χ1n) is 16.1. The van der Waals surface area contributed by atoms with E-state index in [9.17, 15) is 9.59 Å². The highest BCUT2D eigenvalue weighted by atomic mass is 33.1. The highest BCUT2D eigenvalue weighted by molar-refractivity contribution is 8.76. The summed E-state index contributed by atoms with van der Waals surface area (Å²) in [7, 11) is 2.93. The van der Waals surface area contributed by atoms with Crippen molar-refractivity contribution in [2.45, 2.75) is 75.3 Å². The summed E-state index contributed by atoms with van der Waals surface area (Å²) in [6.45, 7) is 6.62. The van der Waals surface area contributed by atoms with Gasteiger partial charge in [0.1, 0.15) is 11.5 Å². The zero-order valence-corrected chi connectivity index (χ0v) is 28.4. The Balaban J connectivity index is 1.29. The molecule has 2 N–H and O–H groups in total. The van der Waals surface area contributed by atoms with Crippen molar-refractivity contribution >= 4 is 33.4 Å². The number of unbranched alkanes of at least 4 members (excludes halogenated alkanes) is 4. The maximum atomic E-state index is 13.2. The lowest BCUT2D eigenvalue weighted by atomic mass is 10.2. The monoisotopic (exact) mass is 656 g/mol. The number of carbonyl (C=O) groups is 2. The van der Waals surface area contributed by atoms with E-state index < -0.39 is 0 Å². The van der Waals surface area contributed by atoms with E-state index in [1.54, 1.807) is 0 Å². The van der Waals surface area contributed by atoms with Gasteiger partial charge in [0, 0.05) is 22.9 Å². The SMILES string of the molecule is CCCCCOc1ccc(CNC(=O)c2ccccc2SSc2ccccc2C(=O)NCc2ccc(OCCCCC)cc2)cc1. The van der Waals surface area contributed by atoms with Gasteiger partial charge in [-0.15, -0.1) is 0 Å². The minimum absolute atomic E-state index is 0.146. The van der Waals surface area contributed by atoms with Crippen LogP contribution in [0.1, 0.15) is 84.2 Å². The topological polar surface area (TPSA) is 76.7 Å². The Hall–Kier alpha value is -3.88. The molecule has 4 aromatic rings. The summed E-state index contributed by atoms with van der Waals surface area (Å²) in [5.74, 6) is 1.39. The molecule has 0 radical (unpaired) electrons. The van der Waals surface area contributed by atoms with Gasteiger partial charge in [0.25, 0.3) is 11.8 Å². The van der Waals surface area contributed by atoms with Crippen LogP contribution in [0.5, 0.6) is 11.5 Å². The minimum Gasteiger partial charge on any atom is -0.494 e. The van der Waals surface area contributed by atoms with Crippen molar-refractivity contribution in [2.75, 3.05) is 13.2 Å². The molecule has 4 rings (SSSR count). The molecule has 0 heterocycles. The maximum Gasteiger partial charge on any atom is 0.252 e. The van der Waals surface area contributed by atoms with Crippen LogP contribution in [-0.4, -0.2) is 25.0 Å². The number of ether oxygens (including phenoxy) is 2. The fourth-order valence-electron chi connectivity index (χ4n) is 4.59. The fourth-order valence-corrected chi connectivity index (χ4v) is 6.95. The van der Waals surface area contributed by atoms with Gasteiger partial charge >= 0.3 is 0 Å². The van der Waals surface area contributed by atoms with Gasteiger partial charge in [-0.25, -0.2) is 0 Å². The smallest absolute Gasteiger partial charge is 0.252 e. The van der Waals surface area contributed by atoms with Crippen LogP contribution in [0.15, 0.2) is 107 Å². The number of hydrogen-bond acceptors (Lipinski definition) is 6. The van der Waals surface area contributed by atoms with Gasteiger partial charge in [0.2, 0.25) is 0 Å². The van der Waals surface area contributed by atoms with E-state index >= 15 is 0 Å². The summed E-state index contributed by atoms with van der Waals surface area (Å²) in [5.41, 5.74) is 3.19. The highest BCUT2D eigenvalue weighted by Gasteiger charge is 2.15. The number of hydrogen-bond donors (Lipinski definition) is 2. The van der Waals surface area contributed by atoms with Crippen molar-refractivity contribution in [3.8, 4) is 11.5 Å². The van der Waals surface area contributed by atoms with E-state index in [1.807, 2.05) is 97.1 Å². The number of carbonyl (C=O) groups excluding carboxylic acids is 2. The second-order valence-corrected chi connectivity index (χ2v) is 13.1. The van der Waals surface area contributed by atoms with E-state index in [-0.39, 0.29) is 11.8 Å². The standard InChI is InChI=1S/C38H44N2O4S2/c1-3-5-11-25-43-31-21-17-29(18-22-31)27-39-37(41)33-13-7-9-15-35(33)45-46-36-16-10-8-14-34(36)38(42)40-28-30-19-23-32(24-20-30)44-26-12-6-4-2/h7-10,13-24H,3-6,11-12,25-28H2,1-2H3,(H,39,41)(H,40,42). The van der Waals surface area contributed by atoms with Gasteiger partial charge in [-0.1, -0.05) is 110 Å². The molecule has 0 unspecified atom stereocenters. The van der Waals surface area contributed by atoms with Crippen LogP contribution in [0.3, 0.4) is 0 Å². The first-order chi connectivity index (χ1) is 22.6. The molecule has 0 bridgehead atoms. The van der Waals surface area contributed by atoms with Crippen molar-refractivity contribution < 1.29 is 19.1 Å². The molecule has 0 atom stereocenters. The molecule has 0 saturated carbocycles. The van der Waals surface area contributed by atoms with Crippen LogP contribution >= 0.6 is 21.6 Å². The third-order valence-corrected chi connectivity index (χ3v) is 9.75. The van der Waals surface area contributed by atoms with Gasteiger partial charge in [-0.05, 0) is 72.5 Å². The van der Waals surface area contributed by atoms with Gasteiger partial charge < -0.3 is 20.1 Å². The normalized spacial score (nSPS) is 10.7. The zero-order valence-electron chi connectivity index (χ0n) is 26.8. The van der Waals surface area contributed by atoms with Crippen molar-refractivity contribution in [1.29, 1.82) is 0 Å². The van der Waals surface area contributed by atoms with E-state index in [4.69, 9.17) is 9.47 Å². The Bertz CT molecular complexity index is 1400. The van der Waals surface area contributed by atoms with Gasteiger partial charge in [-0.2, -0.15) is 0 Å². The van der Waals surface area contributed by atoms with Crippen molar-refractivity contribution in [3.05, 3.63) is 119 Å². The van der Waals surface area contributed by atoms with Gasteiger partial charge in [0.05, 0.1) is 24.3 Å². The quantitative estimate of drug-likeness (QED) is 0.0774. The van der Waals surface area contributed by atoms with Crippen LogP contribution in [0.4, 0.5) is 0 Å². The molecule has 0 fully saturated rings. The molecule has 2 amide bonds. The fraction of sp³-hybridized carbons (Fsp3) is 0.316. The molecule has 0 spiro atoms. The van der Waals surface area contributed by atoms with Crippen molar-refractivity contribution in [3.63, 3.8) is 0 Å². The molecule has 0 aliphatic carbocycles. The Morgan fingerprint density at radius 1 is 0.543 bits per heavy atom. The summed E-state index contributed by atoms with van der Waals surface area (Å²) in [5, 5.41) is 6.08. The predicted molar refractivity (Wildman–Crippen MR) is 190 cm³/mol. The van der Waals surface area contributed by atoms with Crippen LogP contribution in [0.2, 0.25) is 0 Å². The lowest BCUT2D eigenvalue weighted by Gasteiger charge is -2.12. The average Bonchev–Trinajstić information content (AvgIpc) is 3.10. The molecule has 0 saturated heterocycles. The van der Waals surface area contributed by atoms with Crippen LogP contribution < -0.4 is 20.1 Å². The summed E-state index contributed by atoms with van der Waals surface area (Å²) in [6.07, 6.45) is 6.75. The summed E-state index contributed by atoms with van der Waals surface area (Å²) >= 11 is 0. The van der Waals surface area contributed by atoms with E-state index in [0.717, 1.165) is 71.3 Å². The first kappa shape index (κ1) is 35.0. The largest absolute Gasteiger partial charge is 0.494 e. The lowest BCUT2D eigenvalue weighted by Crippen LogP contribution is -2.23. The van der Waals surface area contributed by atoms with E-state index in [0.29, 0.717) is 24.2 Å². The number of nitrogens with one attached hydrogen (secondary N) is 2. The molecular formula is C38H44N2O4S2. The molecule has 46 heavy (non-hydrogen) atoms. The summed E-state index contributed by atoms with van der Waals surface area (Å²) in [4.78, 5) is 28.0. The second-order valence-electron chi connectivity index (χ2n) is 10.9. The molecule has 6 nitrogen and oxygen atoms in total. The summed E-state index contributed by atoms with van der Waals surface area (Å²) in [6, 6.07) is 30.8. The number of benzene rings is 4. The average molecular weight is 657 g/mol. The Labute approximate surface area is 281 Å². The predicted octanol–water partition coefficient (Wildman–Crippen LogP) is 9.48. The third-order valence-electron chi connectivity index (χ3n) is 7.27. The molecule has 4 aromatic carbocycles. The van der Waals surface area contributed by atoms with Gasteiger partial charge in [0.15, 0.2) is 0 Å². The second kappa shape index (κ2) is 19.6. The summed E-state index contributed by atoms with van der Waals surface area (Å²) < 4.78 is 11.6. The van der Waals surface area contributed by atoms with E-state index in [1.165, 1.54) is 34.4 Å². The minimum atomic E-state index is -0.146. The Morgan fingerprint density at radius 3 is 1.33 bits per heavy atom. The van der Waals surface area contributed by atoms with E-state index in [2.05, 4.69) is 24.5 Å². The molecule has 0 aliphatic rings. The van der Waals surface area contributed by atoms with Crippen LogP contribution in [0, 0.1) is 0 Å². The maximum absolute atomic E-state index is 13.2. The molecule has 8 heteroatoms. The molecule has 0 aromatic heterocycles. The van der Waals surface area contributed by atoms with Crippen molar-refractivity contribution in [2.24, 2.45) is 0 Å². The molecule has 242 valence electrons. The zero-order chi connectivity index (χ0) is 32.4. The number of amides is 2. The first-order valence-corrected chi connectivity index (χ1v) is 18.2. The molecule has 0 aliphatic heterocycles. The Kier molecular flexibility index (Phi) is 14.9. The van der Waals surface area contributed by atoms with Crippen LogP contribution in [0.25, 0.3) is 0 Å². The van der Waals surface area contributed by atoms with Gasteiger partial charge in [-0.3, -0.25) is 9.59 Å². The molecular weight excluding hydrogens is 613 g/mol. The Morgan fingerprint density at radius 2 is 0.935 bits per heavy atom. The lowest BCUT2D eigenvalue weighted by molar-refractivity contribution is 0.0940. The third kappa shape index (κ3) is 11.5. The van der Waals surface area contributed by atoms with Crippen molar-refractivity contribution in [1.82, 2.24) is 10.6 Å².